The van der Waals surface area contributed by atoms with Crippen molar-refractivity contribution in [2.45, 2.75) is 6.92 Å². The topological polar surface area (TPSA) is 86.0 Å². The van der Waals surface area contributed by atoms with E-state index in [4.69, 9.17) is 9.73 Å². The van der Waals surface area contributed by atoms with Gasteiger partial charge in [0.1, 0.15) is 0 Å². The number of carbonyl (C=O) groups is 1. The number of ether oxygens (including phenoxy) is 1. The van der Waals surface area contributed by atoms with E-state index < -0.39 is 5.97 Å². The zero-order valence-corrected chi connectivity index (χ0v) is 29.6. The minimum Gasteiger partial charge on any atom is -0.462 e. The van der Waals surface area contributed by atoms with E-state index in [1.54, 1.807) is 0 Å². The predicted octanol–water partition coefficient (Wildman–Crippen LogP) is 8.42. The smallest absolute Gasteiger partial charge is 0.340 e. The fourth-order valence-corrected chi connectivity index (χ4v) is 7.44. The number of carbonyl (C=O) groups excluding carboxylic acids is 1. The fraction of sp³-hybridized carbons (Fsp3) is 0.0417. The van der Waals surface area contributed by atoms with Gasteiger partial charge in [0, 0.05) is 50.1 Å². The lowest BCUT2D eigenvalue weighted by atomic mass is 9.93. The van der Waals surface area contributed by atoms with Crippen molar-refractivity contribution in [2.24, 2.45) is 4.99 Å². The van der Waals surface area contributed by atoms with Gasteiger partial charge in [0.25, 0.3) is 0 Å². The number of aromatic amines is 3. The molecule has 0 unspecified atom stereocenters. The molecule has 0 fully saturated rings. The van der Waals surface area contributed by atoms with E-state index >= 15 is 0 Å². The summed E-state index contributed by atoms with van der Waals surface area (Å²) in [6, 6.07) is 53.5. The molecule has 0 atom stereocenters. The van der Waals surface area contributed by atoms with Gasteiger partial charge in [0.05, 0.1) is 29.3 Å². The lowest BCUT2D eigenvalue weighted by molar-refractivity contribution is -0.136. The third-order valence-corrected chi connectivity index (χ3v) is 9.81. The zero-order valence-electron chi connectivity index (χ0n) is 29.6. The van der Waals surface area contributed by atoms with Gasteiger partial charge in [0.2, 0.25) is 0 Å². The first-order valence-corrected chi connectivity index (χ1v) is 18.1. The Labute approximate surface area is 312 Å². The van der Waals surface area contributed by atoms with Crippen LogP contribution in [-0.2, 0) is 9.53 Å². The number of aromatic nitrogens is 3. The van der Waals surface area contributed by atoms with Crippen molar-refractivity contribution in [3.05, 3.63) is 231 Å². The minimum atomic E-state index is -0.431. The number of rotatable bonds is 6. The standard InChI is InChI=1S/C48H36N4O2/c1-2-54-48(53)47-42-30-28-40(52-42)45(33-19-11-5-12-20-33)38-26-24-36(50-38)43(31-15-7-3-8-16-31)35-23-25-37(49-35)44(32-17-9-4-10-18-32)39-27-29-41(51-39)46(47)34-21-13-6-14-22-34/h3-30,49-50,52H,2H2,1H3/b43-35?,43-36-,44-37?,44-39-,45-38-,45-40?,46-41?,47-42?,47-46+. The van der Waals surface area contributed by atoms with Crippen LogP contribution in [0.5, 0.6) is 0 Å². The summed E-state index contributed by atoms with van der Waals surface area (Å²) >= 11 is 0. The third kappa shape index (κ3) is 5.99. The lowest BCUT2D eigenvalue weighted by Gasteiger charge is -2.15. The van der Waals surface area contributed by atoms with E-state index in [-0.39, 0.29) is 6.61 Å². The van der Waals surface area contributed by atoms with Crippen molar-refractivity contribution in [1.82, 2.24) is 15.0 Å². The van der Waals surface area contributed by atoms with E-state index in [1.165, 1.54) is 0 Å². The molecule has 0 saturated heterocycles. The van der Waals surface area contributed by atoms with Crippen LogP contribution in [0, 0.1) is 0 Å². The van der Waals surface area contributed by atoms with E-state index in [9.17, 15) is 4.79 Å². The molecular formula is C48H36N4O2. The van der Waals surface area contributed by atoms with Gasteiger partial charge in [-0.3, -0.25) is 0 Å². The molecule has 7 aromatic rings. The van der Waals surface area contributed by atoms with Gasteiger partial charge in [-0.25, -0.2) is 9.79 Å². The Kier molecular flexibility index (Phi) is 8.54. The van der Waals surface area contributed by atoms with Crippen LogP contribution in [0.2, 0.25) is 0 Å². The number of allylic oxidation sites excluding steroid dienone is 3. The number of hydrogen-bond acceptors (Lipinski definition) is 3. The maximum absolute atomic E-state index is 14.2. The van der Waals surface area contributed by atoms with Gasteiger partial charge >= 0.3 is 5.97 Å². The average Bonchev–Trinajstić information content (AvgIpc) is 4.06. The van der Waals surface area contributed by atoms with Gasteiger partial charge in [-0.05, 0) is 77.7 Å². The molecule has 260 valence electrons. The molecule has 5 heterocycles. The first-order chi connectivity index (χ1) is 26.7. The molecule has 0 spiro atoms. The van der Waals surface area contributed by atoms with Crippen molar-refractivity contribution in [2.75, 3.05) is 6.61 Å². The number of benzene rings is 4. The highest BCUT2D eigenvalue weighted by Crippen LogP contribution is 2.36. The van der Waals surface area contributed by atoms with E-state index in [0.29, 0.717) is 22.6 Å². The zero-order chi connectivity index (χ0) is 36.4. The molecule has 54 heavy (non-hydrogen) atoms. The first kappa shape index (κ1) is 32.7. The van der Waals surface area contributed by atoms with Crippen LogP contribution in [0.25, 0.3) is 27.9 Å². The summed E-state index contributed by atoms with van der Waals surface area (Å²) in [4.78, 5) is 30.8. The number of esters is 1. The molecule has 9 rings (SSSR count). The highest BCUT2D eigenvalue weighted by molar-refractivity contribution is 6.43. The van der Waals surface area contributed by atoms with Crippen LogP contribution in [0.1, 0.15) is 52.0 Å². The van der Waals surface area contributed by atoms with Crippen molar-refractivity contribution in [1.29, 1.82) is 0 Å². The number of hydrogen-bond donors (Lipinski definition) is 3. The maximum Gasteiger partial charge on any atom is 0.340 e. The summed E-state index contributed by atoms with van der Waals surface area (Å²) in [5.41, 5.74) is 12.8. The van der Waals surface area contributed by atoms with Gasteiger partial charge < -0.3 is 19.7 Å². The molecular weight excluding hydrogens is 665 g/mol. The Morgan fingerprint density at radius 3 is 1.41 bits per heavy atom. The second-order valence-electron chi connectivity index (χ2n) is 13.1. The Morgan fingerprint density at radius 1 is 0.481 bits per heavy atom. The maximum atomic E-state index is 14.2. The number of aliphatic imine (C=N–C) groups is 1. The summed E-state index contributed by atoms with van der Waals surface area (Å²) in [5, 5.41) is 1.89. The normalized spacial score (nSPS) is 18.6. The predicted molar refractivity (Wildman–Crippen MR) is 217 cm³/mol. The molecule has 0 amide bonds. The molecule has 3 aromatic heterocycles. The highest BCUT2D eigenvalue weighted by atomic mass is 16.5. The van der Waals surface area contributed by atoms with Gasteiger partial charge in [0.15, 0.2) is 0 Å². The second-order valence-corrected chi connectivity index (χ2v) is 13.1. The summed E-state index contributed by atoms with van der Waals surface area (Å²) in [7, 11) is 0. The molecule has 0 aliphatic carbocycles. The first-order valence-electron chi connectivity index (χ1n) is 18.1. The van der Waals surface area contributed by atoms with Gasteiger partial charge in [-0.1, -0.05) is 121 Å². The Hall–Kier alpha value is -7.18. The van der Waals surface area contributed by atoms with E-state index in [2.05, 4.69) is 87.7 Å². The quantitative estimate of drug-likeness (QED) is 0.152. The number of H-pyrrole nitrogens is 3. The van der Waals surface area contributed by atoms with Gasteiger partial charge in [-0.2, -0.15) is 0 Å². The van der Waals surface area contributed by atoms with Crippen molar-refractivity contribution < 1.29 is 9.53 Å². The van der Waals surface area contributed by atoms with Crippen LogP contribution < -0.4 is 10.7 Å². The number of nitrogens with one attached hydrogen (secondary N) is 3. The molecule has 6 heteroatoms. The Balaban J connectivity index is 1.43. The summed E-state index contributed by atoms with van der Waals surface area (Å²) in [6.45, 7) is 2.06. The van der Waals surface area contributed by atoms with Crippen molar-refractivity contribution in [3.63, 3.8) is 0 Å². The molecule has 0 radical (unpaired) electrons. The average molecular weight is 701 g/mol. The second kappa shape index (κ2) is 14.1. The van der Waals surface area contributed by atoms with Gasteiger partial charge in [-0.15, -0.1) is 0 Å². The largest absolute Gasteiger partial charge is 0.462 e. The molecule has 4 aromatic carbocycles. The Morgan fingerprint density at radius 2 is 0.907 bits per heavy atom. The summed E-state index contributed by atoms with van der Waals surface area (Å²) in [6.07, 6.45) is 4.03. The van der Waals surface area contributed by atoms with Crippen LogP contribution in [0.4, 0.5) is 0 Å². The molecule has 2 aliphatic rings. The third-order valence-electron chi connectivity index (χ3n) is 9.81. The van der Waals surface area contributed by atoms with E-state index in [1.807, 2.05) is 104 Å². The highest BCUT2D eigenvalue weighted by Gasteiger charge is 2.27. The summed E-state index contributed by atoms with van der Waals surface area (Å²) in [5.74, 6) is -0.431. The number of fused-ring (bicyclic) bond motifs is 7. The molecule has 2 aliphatic heterocycles. The summed E-state index contributed by atoms with van der Waals surface area (Å²) < 4.78 is 5.80. The molecule has 8 bridgehead atoms. The Bertz CT molecular complexity index is 2760. The molecule has 0 saturated carbocycles. The SMILES string of the molecule is CCOC(=O)/C1=C(\c2ccccc2)C2=N/C(=C(/c3ccccc3)c3ccc([nH]3)/C(c3ccccc3)=c3/cc/c([nH]3)=C(\c3ccccc3)c3ccc1[nH]3)C=C2. The fourth-order valence-electron chi connectivity index (χ4n) is 7.44. The molecule has 3 N–H and O–H groups in total. The van der Waals surface area contributed by atoms with Crippen LogP contribution >= 0.6 is 0 Å². The van der Waals surface area contributed by atoms with Crippen molar-refractivity contribution in [3.8, 4) is 0 Å². The molecule has 6 nitrogen and oxygen atoms in total. The number of nitrogens with zero attached hydrogens (tertiary/aromatic N) is 1. The van der Waals surface area contributed by atoms with Crippen LogP contribution in [-0.4, -0.2) is 33.2 Å². The monoisotopic (exact) mass is 700 g/mol. The van der Waals surface area contributed by atoms with Crippen molar-refractivity contribution >= 4 is 39.5 Å². The van der Waals surface area contributed by atoms with E-state index in [0.717, 1.165) is 72.5 Å². The minimum absolute atomic E-state index is 0.228. The van der Waals surface area contributed by atoms with Crippen LogP contribution in [0.3, 0.4) is 0 Å². The lowest BCUT2D eigenvalue weighted by Crippen LogP contribution is -2.17. The van der Waals surface area contributed by atoms with Crippen LogP contribution in [0.15, 0.2) is 181 Å².